The highest BCUT2D eigenvalue weighted by Crippen LogP contribution is 2.09. The minimum atomic E-state index is -0.302. The van der Waals surface area contributed by atoms with E-state index in [1.165, 1.54) is 12.1 Å². The van der Waals surface area contributed by atoms with E-state index in [4.69, 9.17) is 8.83 Å². The number of hydrogen-bond acceptors (Lipinski definition) is 4. The predicted octanol–water partition coefficient (Wildman–Crippen LogP) is 3.59. The molecule has 0 N–H and O–H groups in total. The van der Waals surface area contributed by atoms with Gasteiger partial charge in [0, 0.05) is 22.9 Å². The molecule has 22 heavy (non-hydrogen) atoms. The van der Waals surface area contributed by atoms with Crippen LogP contribution in [0.15, 0.2) is 91.2 Å². The minimum absolute atomic E-state index is 0.302. The van der Waals surface area contributed by atoms with Crippen LogP contribution in [-0.2, 0) is 0 Å². The molecule has 0 amide bonds. The van der Waals surface area contributed by atoms with Gasteiger partial charge < -0.3 is 8.83 Å². The summed E-state index contributed by atoms with van der Waals surface area (Å²) in [5, 5.41) is 1.90. The summed E-state index contributed by atoms with van der Waals surface area (Å²) < 4.78 is 9.81. The molecule has 0 fully saturated rings. The molecule has 4 nitrogen and oxygen atoms in total. The van der Waals surface area contributed by atoms with Gasteiger partial charge in [0.2, 0.25) is 0 Å². The molecule has 0 radical (unpaired) electrons. The summed E-state index contributed by atoms with van der Waals surface area (Å²) in [5.74, 6) is 0. The van der Waals surface area contributed by atoms with Crippen molar-refractivity contribution in [2.75, 3.05) is 0 Å². The van der Waals surface area contributed by atoms with Crippen molar-refractivity contribution in [1.82, 2.24) is 0 Å². The Morgan fingerprint density at radius 3 is 1.36 bits per heavy atom. The van der Waals surface area contributed by atoms with E-state index in [2.05, 4.69) is 0 Å². The van der Waals surface area contributed by atoms with Crippen molar-refractivity contribution < 1.29 is 8.83 Å². The third-order valence-electron chi connectivity index (χ3n) is 3.06. The molecular weight excluding hydrogens is 280 g/mol. The first-order valence-corrected chi connectivity index (χ1v) is 6.70. The van der Waals surface area contributed by atoms with Crippen molar-refractivity contribution in [3.63, 3.8) is 0 Å². The Hall–Kier alpha value is -3.14. The molecule has 108 valence electrons. The summed E-state index contributed by atoms with van der Waals surface area (Å²) >= 11 is 0. The summed E-state index contributed by atoms with van der Waals surface area (Å²) in [4.78, 5) is 21.4. The standard InChI is InChI=1S/2C9H6O2/c2*10-9-6-5-7-3-1-2-4-8(7)11-9/h2*1-6H. The molecule has 0 aliphatic heterocycles. The maximum absolute atomic E-state index is 10.7. The van der Waals surface area contributed by atoms with E-state index >= 15 is 0 Å². The lowest BCUT2D eigenvalue weighted by Gasteiger charge is -1.91. The topological polar surface area (TPSA) is 60.4 Å². The maximum atomic E-state index is 10.7. The number of hydrogen-bond donors (Lipinski definition) is 0. The second-order valence-electron chi connectivity index (χ2n) is 4.58. The summed E-state index contributed by atoms with van der Waals surface area (Å²) in [7, 11) is 0. The molecule has 0 spiro atoms. The number of rotatable bonds is 0. The normalized spacial score (nSPS) is 10.2. The van der Waals surface area contributed by atoms with Crippen molar-refractivity contribution in [1.29, 1.82) is 0 Å². The fraction of sp³-hybridized carbons (Fsp3) is 0. The molecule has 0 aliphatic rings. The largest absolute Gasteiger partial charge is 0.423 e. The number of benzene rings is 2. The van der Waals surface area contributed by atoms with E-state index < -0.39 is 0 Å². The van der Waals surface area contributed by atoms with Gasteiger partial charge in [0.15, 0.2) is 0 Å². The van der Waals surface area contributed by atoms with Crippen LogP contribution in [0.5, 0.6) is 0 Å². The molecule has 4 heteroatoms. The van der Waals surface area contributed by atoms with Crippen molar-refractivity contribution in [3.05, 3.63) is 93.6 Å². The first-order valence-electron chi connectivity index (χ1n) is 6.70. The lowest BCUT2D eigenvalue weighted by Crippen LogP contribution is -1.93. The van der Waals surface area contributed by atoms with E-state index in [-0.39, 0.29) is 11.3 Å². The molecule has 2 heterocycles. The highest BCUT2D eigenvalue weighted by molar-refractivity contribution is 5.76. The van der Waals surface area contributed by atoms with E-state index in [9.17, 15) is 9.59 Å². The molecule has 0 saturated heterocycles. The van der Waals surface area contributed by atoms with Gasteiger partial charge in [0.1, 0.15) is 11.2 Å². The summed E-state index contributed by atoms with van der Waals surface area (Å²) in [5.41, 5.74) is 0.674. The third kappa shape index (κ3) is 3.12. The fourth-order valence-electron chi connectivity index (χ4n) is 2.02. The van der Waals surface area contributed by atoms with Crippen LogP contribution in [0.2, 0.25) is 0 Å². The SMILES string of the molecule is O=c1ccc2ccccc2o1.O=c1ccc2ccccc2o1. The van der Waals surface area contributed by atoms with Crippen LogP contribution in [-0.4, -0.2) is 0 Å². The van der Waals surface area contributed by atoms with Gasteiger partial charge in [-0.15, -0.1) is 0 Å². The Morgan fingerprint density at radius 1 is 0.500 bits per heavy atom. The highest BCUT2D eigenvalue weighted by Gasteiger charge is 1.93. The van der Waals surface area contributed by atoms with E-state index in [1.807, 2.05) is 36.4 Å². The number of para-hydroxylation sites is 2. The Kier molecular flexibility index (Phi) is 3.83. The Balaban J connectivity index is 0.000000131. The first-order chi connectivity index (χ1) is 10.7. The zero-order chi connectivity index (χ0) is 15.4. The molecule has 0 aliphatic carbocycles. The molecular formula is C18H12O4. The molecule has 2 aromatic carbocycles. The molecule has 0 unspecified atom stereocenters. The van der Waals surface area contributed by atoms with Gasteiger partial charge in [-0.05, 0) is 24.3 Å². The lowest BCUT2D eigenvalue weighted by molar-refractivity contribution is 0.560. The van der Waals surface area contributed by atoms with E-state index in [0.717, 1.165) is 10.8 Å². The maximum Gasteiger partial charge on any atom is 0.336 e. The summed E-state index contributed by atoms with van der Waals surface area (Å²) in [6.07, 6.45) is 0. The molecule has 0 atom stereocenters. The average Bonchev–Trinajstić information content (AvgIpc) is 2.55. The Labute approximate surface area is 125 Å². The van der Waals surface area contributed by atoms with Crippen molar-refractivity contribution >= 4 is 21.9 Å². The monoisotopic (exact) mass is 292 g/mol. The fourth-order valence-corrected chi connectivity index (χ4v) is 2.02. The second kappa shape index (κ2) is 6.10. The Bertz CT molecular complexity index is 942. The van der Waals surface area contributed by atoms with Crippen LogP contribution in [0.25, 0.3) is 21.9 Å². The molecule has 0 saturated carbocycles. The zero-order valence-corrected chi connectivity index (χ0v) is 11.6. The molecule has 4 aromatic rings. The highest BCUT2D eigenvalue weighted by atomic mass is 16.4. The quantitative estimate of drug-likeness (QED) is 0.465. The first kappa shape index (κ1) is 13.8. The molecule has 4 rings (SSSR count). The van der Waals surface area contributed by atoms with Gasteiger partial charge >= 0.3 is 11.3 Å². The van der Waals surface area contributed by atoms with Gasteiger partial charge in [0.05, 0.1) is 0 Å². The van der Waals surface area contributed by atoms with E-state index in [0.29, 0.717) is 11.2 Å². The van der Waals surface area contributed by atoms with Gasteiger partial charge in [-0.1, -0.05) is 36.4 Å². The van der Waals surface area contributed by atoms with Gasteiger partial charge in [-0.25, -0.2) is 9.59 Å². The van der Waals surface area contributed by atoms with Gasteiger partial charge in [0.25, 0.3) is 0 Å². The third-order valence-corrected chi connectivity index (χ3v) is 3.06. The van der Waals surface area contributed by atoms with Crippen molar-refractivity contribution in [3.8, 4) is 0 Å². The summed E-state index contributed by atoms with van der Waals surface area (Å²) in [6, 6.07) is 21.2. The smallest absolute Gasteiger partial charge is 0.336 e. The van der Waals surface area contributed by atoms with Crippen LogP contribution in [0.1, 0.15) is 0 Å². The predicted molar refractivity (Wildman–Crippen MR) is 85.0 cm³/mol. The van der Waals surface area contributed by atoms with Gasteiger partial charge in [-0.3, -0.25) is 0 Å². The molecule has 0 bridgehead atoms. The van der Waals surface area contributed by atoms with E-state index in [1.54, 1.807) is 24.3 Å². The zero-order valence-electron chi connectivity index (χ0n) is 11.6. The lowest BCUT2D eigenvalue weighted by atomic mass is 10.2. The van der Waals surface area contributed by atoms with Crippen LogP contribution in [0.4, 0.5) is 0 Å². The minimum Gasteiger partial charge on any atom is -0.423 e. The van der Waals surface area contributed by atoms with Crippen molar-refractivity contribution in [2.45, 2.75) is 0 Å². The van der Waals surface area contributed by atoms with Crippen molar-refractivity contribution in [2.24, 2.45) is 0 Å². The second-order valence-corrected chi connectivity index (χ2v) is 4.58. The average molecular weight is 292 g/mol. The summed E-state index contributed by atoms with van der Waals surface area (Å²) in [6.45, 7) is 0. The Morgan fingerprint density at radius 2 is 0.909 bits per heavy atom. The van der Waals surface area contributed by atoms with Crippen LogP contribution in [0.3, 0.4) is 0 Å². The van der Waals surface area contributed by atoms with Crippen LogP contribution >= 0.6 is 0 Å². The van der Waals surface area contributed by atoms with Crippen LogP contribution < -0.4 is 11.3 Å². The van der Waals surface area contributed by atoms with Gasteiger partial charge in [-0.2, -0.15) is 0 Å². The molecule has 2 aromatic heterocycles. The van der Waals surface area contributed by atoms with Crippen LogP contribution in [0, 0.1) is 0 Å². The number of fused-ring (bicyclic) bond motifs is 2.